The standard InChI is InChI=1S/C16H20N2O3S/c19-14-6-2-1-5-12(14)16-18-13(10-22-16)15(20)17-8-11-4-3-7-21-9-11/h1-2,5-6,11,13,19H,3-4,7-10H2,(H,17,20)/t11-,13+/m1/s1. The van der Waals surface area contributed by atoms with Gasteiger partial charge in [-0.25, -0.2) is 0 Å². The molecule has 2 N–H and O–H groups in total. The number of aliphatic imine (C=N–C) groups is 1. The molecule has 0 radical (unpaired) electrons. The highest BCUT2D eigenvalue weighted by atomic mass is 32.2. The Morgan fingerprint density at radius 1 is 1.45 bits per heavy atom. The van der Waals surface area contributed by atoms with Gasteiger partial charge in [0.2, 0.25) is 5.91 Å². The molecule has 1 saturated heterocycles. The summed E-state index contributed by atoms with van der Waals surface area (Å²) in [5.74, 6) is 1.20. The minimum atomic E-state index is -0.371. The van der Waals surface area contributed by atoms with E-state index in [0.29, 0.717) is 23.8 Å². The largest absolute Gasteiger partial charge is 0.507 e. The van der Waals surface area contributed by atoms with E-state index in [2.05, 4.69) is 10.3 Å². The number of amides is 1. The number of carbonyl (C=O) groups is 1. The average molecular weight is 320 g/mol. The summed E-state index contributed by atoms with van der Waals surface area (Å²) in [6.07, 6.45) is 2.17. The third-order valence-electron chi connectivity index (χ3n) is 3.91. The molecule has 1 aromatic rings. The minimum absolute atomic E-state index is 0.0384. The maximum atomic E-state index is 12.2. The number of thioether (sulfide) groups is 1. The number of phenolic OH excluding ortho intramolecular Hbond substituents is 1. The summed E-state index contributed by atoms with van der Waals surface area (Å²) in [6, 6.07) is 6.71. The number of nitrogens with zero attached hydrogens (tertiary/aromatic N) is 1. The van der Waals surface area contributed by atoms with Gasteiger partial charge in [0.1, 0.15) is 16.8 Å². The normalized spacial score (nSPS) is 24.8. The van der Waals surface area contributed by atoms with Crippen molar-refractivity contribution < 1.29 is 14.6 Å². The van der Waals surface area contributed by atoms with Crippen LogP contribution in [0.2, 0.25) is 0 Å². The summed E-state index contributed by atoms with van der Waals surface area (Å²) >= 11 is 1.51. The molecule has 5 nitrogen and oxygen atoms in total. The fourth-order valence-electron chi connectivity index (χ4n) is 2.64. The van der Waals surface area contributed by atoms with Gasteiger partial charge in [-0.05, 0) is 30.9 Å². The number of para-hydroxylation sites is 1. The second-order valence-electron chi connectivity index (χ2n) is 5.61. The van der Waals surface area contributed by atoms with Crippen LogP contribution in [-0.4, -0.2) is 47.6 Å². The van der Waals surface area contributed by atoms with E-state index >= 15 is 0 Å². The van der Waals surface area contributed by atoms with E-state index in [4.69, 9.17) is 4.74 Å². The van der Waals surface area contributed by atoms with Crippen LogP contribution >= 0.6 is 11.8 Å². The van der Waals surface area contributed by atoms with Gasteiger partial charge in [0.25, 0.3) is 0 Å². The lowest BCUT2D eigenvalue weighted by Crippen LogP contribution is -2.38. The number of rotatable bonds is 4. The van der Waals surface area contributed by atoms with Crippen LogP contribution in [0.3, 0.4) is 0 Å². The first-order chi connectivity index (χ1) is 10.7. The van der Waals surface area contributed by atoms with Crippen LogP contribution in [0.1, 0.15) is 18.4 Å². The van der Waals surface area contributed by atoms with Gasteiger partial charge in [-0.2, -0.15) is 0 Å². The predicted molar refractivity (Wildman–Crippen MR) is 87.4 cm³/mol. The summed E-state index contributed by atoms with van der Waals surface area (Å²) < 4.78 is 5.42. The molecule has 1 fully saturated rings. The van der Waals surface area contributed by atoms with Crippen LogP contribution in [0.15, 0.2) is 29.3 Å². The van der Waals surface area contributed by atoms with Crippen molar-refractivity contribution in [1.29, 1.82) is 0 Å². The molecule has 2 heterocycles. The maximum absolute atomic E-state index is 12.2. The third-order valence-corrected chi connectivity index (χ3v) is 4.99. The number of benzene rings is 1. The fraction of sp³-hybridized carbons (Fsp3) is 0.500. The van der Waals surface area contributed by atoms with Crippen molar-refractivity contribution >= 4 is 22.7 Å². The fourth-order valence-corrected chi connectivity index (χ4v) is 3.71. The van der Waals surface area contributed by atoms with Crippen molar-refractivity contribution in [2.24, 2.45) is 10.9 Å². The molecule has 2 atom stereocenters. The highest BCUT2D eigenvalue weighted by Gasteiger charge is 2.27. The molecule has 0 unspecified atom stereocenters. The van der Waals surface area contributed by atoms with Crippen molar-refractivity contribution in [2.75, 3.05) is 25.5 Å². The van der Waals surface area contributed by atoms with Gasteiger partial charge in [0.15, 0.2) is 0 Å². The Kier molecular flexibility index (Phi) is 5.00. The zero-order valence-corrected chi connectivity index (χ0v) is 13.1. The highest BCUT2D eigenvalue weighted by Crippen LogP contribution is 2.28. The molecule has 3 rings (SSSR count). The van der Waals surface area contributed by atoms with Gasteiger partial charge < -0.3 is 15.2 Å². The summed E-state index contributed by atoms with van der Waals surface area (Å²) in [7, 11) is 0. The second kappa shape index (κ2) is 7.15. The monoisotopic (exact) mass is 320 g/mol. The van der Waals surface area contributed by atoms with E-state index in [9.17, 15) is 9.90 Å². The molecular weight excluding hydrogens is 300 g/mol. The van der Waals surface area contributed by atoms with E-state index in [-0.39, 0.29) is 17.7 Å². The Labute approximate surface area is 134 Å². The average Bonchev–Trinajstić information content (AvgIpc) is 3.04. The van der Waals surface area contributed by atoms with Crippen LogP contribution in [-0.2, 0) is 9.53 Å². The topological polar surface area (TPSA) is 70.9 Å². The summed E-state index contributed by atoms with van der Waals surface area (Å²) in [4.78, 5) is 16.7. The van der Waals surface area contributed by atoms with Crippen molar-refractivity contribution in [1.82, 2.24) is 5.32 Å². The molecule has 6 heteroatoms. The van der Waals surface area contributed by atoms with Crippen LogP contribution < -0.4 is 5.32 Å². The van der Waals surface area contributed by atoms with Crippen molar-refractivity contribution in [3.05, 3.63) is 29.8 Å². The highest BCUT2D eigenvalue weighted by molar-refractivity contribution is 8.14. The lowest BCUT2D eigenvalue weighted by Gasteiger charge is -2.22. The number of phenols is 1. The lowest BCUT2D eigenvalue weighted by molar-refractivity contribution is -0.122. The van der Waals surface area contributed by atoms with Gasteiger partial charge in [-0.1, -0.05) is 12.1 Å². The number of ether oxygens (including phenoxy) is 1. The Hall–Kier alpha value is -1.53. The minimum Gasteiger partial charge on any atom is -0.507 e. The Morgan fingerprint density at radius 3 is 3.09 bits per heavy atom. The Balaban J connectivity index is 1.56. The molecule has 0 aliphatic carbocycles. The molecule has 0 spiro atoms. The van der Waals surface area contributed by atoms with Gasteiger partial charge >= 0.3 is 0 Å². The van der Waals surface area contributed by atoms with E-state index in [1.54, 1.807) is 12.1 Å². The Bertz CT molecular complexity index is 570. The van der Waals surface area contributed by atoms with Crippen LogP contribution in [0.25, 0.3) is 0 Å². The smallest absolute Gasteiger partial charge is 0.245 e. The summed E-state index contributed by atoms with van der Waals surface area (Å²) in [5.41, 5.74) is 0.698. The number of nitrogens with one attached hydrogen (secondary N) is 1. The van der Waals surface area contributed by atoms with E-state index in [1.807, 2.05) is 12.1 Å². The predicted octanol–water partition coefficient (Wildman–Crippen LogP) is 1.80. The summed E-state index contributed by atoms with van der Waals surface area (Å²) in [5, 5.41) is 13.6. The zero-order valence-electron chi connectivity index (χ0n) is 12.3. The van der Waals surface area contributed by atoms with Crippen LogP contribution in [0.4, 0.5) is 0 Å². The van der Waals surface area contributed by atoms with E-state index in [0.717, 1.165) is 31.1 Å². The molecule has 118 valence electrons. The number of carbonyl (C=O) groups excluding carboxylic acids is 1. The second-order valence-corrected chi connectivity index (χ2v) is 6.62. The first kappa shape index (κ1) is 15.4. The Morgan fingerprint density at radius 2 is 2.32 bits per heavy atom. The van der Waals surface area contributed by atoms with Gasteiger partial charge in [0, 0.05) is 24.5 Å². The number of hydrogen-bond donors (Lipinski definition) is 2. The molecule has 2 aliphatic heterocycles. The van der Waals surface area contributed by atoms with Crippen molar-refractivity contribution in [3.63, 3.8) is 0 Å². The number of aromatic hydroxyl groups is 1. The maximum Gasteiger partial charge on any atom is 0.245 e. The molecule has 22 heavy (non-hydrogen) atoms. The van der Waals surface area contributed by atoms with E-state index in [1.165, 1.54) is 11.8 Å². The molecule has 1 aromatic carbocycles. The van der Waals surface area contributed by atoms with Crippen molar-refractivity contribution in [3.8, 4) is 5.75 Å². The van der Waals surface area contributed by atoms with Gasteiger partial charge in [-0.15, -0.1) is 11.8 Å². The molecule has 0 saturated carbocycles. The van der Waals surface area contributed by atoms with E-state index < -0.39 is 0 Å². The van der Waals surface area contributed by atoms with Crippen molar-refractivity contribution in [2.45, 2.75) is 18.9 Å². The van der Waals surface area contributed by atoms with Crippen LogP contribution in [0, 0.1) is 5.92 Å². The molecule has 1 amide bonds. The molecule has 0 aromatic heterocycles. The summed E-state index contributed by atoms with van der Waals surface area (Å²) in [6.45, 7) is 2.21. The third kappa shape index (κ3) is 3.62. The van der Waals surface area contributed by atoms with Gasteiger partial charge in [-0.3, -0.25) is 9.79 Å². The quantitative estimate of drug-likeness (QED) is 0.887. The lowest BCUT2D eigenvalue weighted by atomic mass is 10.0. The van der Waals surface area contributed by atoms with Crippen LogP contribution in [0.5, 0.6) is 5.75 Å². The number of hydrogen-bond acceptors (Lipinski definition) is 5. The molecule has 0 bridgehead atoms. The zero-order chi connectivity index (χ0) is 15.4. The van der Waals surface area contributed by atoms with Gasteiger partial charge in [0.05, 0.1) is 6.61 Å². The SMILES string of the molecule is O=C(NC[C@H]1CCCOC1)[C@@H]1CSC(c2ccccc2O)=N1. The molecule has 2 aliphatic rings. The first-order valence-corrected chi connectivity index (χ1v) is 8.57. The first-order valence-electron chi connectivity index (χ1n) is 7.58. The molecular formula is C16H20N2O3S.